The number of carbonyl (C=O) groups is 1. The van der Waals surface area contributed by atoms with E-state index >= 15 is 0 Å². The normalized spacial score (nSPS) is 16.5. The lowest BCUT2D eigenvalue weighted by molar-refractivity contribution is -0.122. The van der Waals surface area contributed by atoms with Crippen LogP contribution in [0.5, 0.6) is 0 Å². The van der Waals surface area contributed by atoms with Gasteiger partial charge in [0.2, 0.25) is 5.91 Å². The Kier molecular flexibility index (Phi) is 6.64. The standard InChI is InChI=1S/C18H26ClNOS/c1-18(2,22-13-15-10-6-7-11-16(15)19)17(21)20-12-14-8-4-3-5-9-14/h6-7,10-11,14H,3-5,8-9,12-13H2,1-2H3,(H,20,21). The molecule has 2 nitrogen and oxygen atoms in total. The van der Waals surface area contributed by atoms with Crippen LogP contribution < -0.4 is 5.32 Å². The first-order valence-electron chi connectivity index (χ1n) is 8.15. The summed E-state index contributed by atoms with van der Waals surface area (Å²) in [4.78, 5) is 12.4. The van der Waals surface area contributed by atoms with Crippen molar-refractivity contribution in [1.82, 2.24) is 5.32 Å². The summed E-state index contributed by atoms with van der Waals surface area (Å²) in [6.07, 6.45) is 6.49. The molecule has 122 valence electrons. The number of amides is 1. The fraction of sp³-hybridized carbons (Fsp3) is 0.611. The number of carbonyl (C=O) groups excluding carboxylic acids is 1. The molecule has 1 fully saturated rings. The Labute approximate surface area is 143 Å². The molecule has 0 bridgehead atoms. The maximum Gasteiger partial charge on any atom is 0.235 e. The number of hydrogen-bond donors (Lipinski definition) is 1. The van der Waals surface area contributed by atoms with Crippen molar-refractivity contribution < 1.29 is 4.79 Å². The number of nitrogens with one attached hydrogen (secondary N) is 1. The zero-order valence-corrected chi connectivity index (χ0v) is 15.1. The van der Waals surface area contributed by atoms with Crippen LogP contribution in [0.25, 0.3) is 0 Å². The quantitative estimate of drug-likeness (QED) is 0.785. The summed E-state index contributed by atoms with van der Waals surface area (Å²) >= 11 is 7.83. The van der Waals surface area contributed by atoms with E-state index in [0.29, 0.717) is 5.92 Å². The Bertz CT molecular complexity index is 498. The van der Waals surface area contributed by atoms with Crippen LogP contribution in [0.4, 0.5) is 0 Å². The summed E-state index contributed by atoms with van der Waals surface area (Å²) in [5.74, 6) is 1.56. The lowest BCUT2D eigenvalue weighted by Crippen LogP contribution is -2.42. The highest BCUT2D eigenvalue weighted by Crippen LogP contribution is 2.31. The summed E-state index contributed by atoms with van der Waals surface area (Å²) in [6.45, 7) is 4.81. The molecule has 1 amide bonds. The molecule has 22 heavy (non-hydrogen) atoms. The number of benzene rings is 1. The minimum Gasteiger partial charge on any atom is -0.355 e. The molecule has 0 aromatic heterocycles. The minimum absolute atomic E-state index is 0.134. The van der Waals surface area contributed by atoms with Crippen molar-refractivity contribution in [2.75, 3.05) is 6.54 Å². The second-order valence-electron chi connectivity index (χ2n) is 6.60. The van der Waals surface area contributed by atoms with Crippen molar-refractivity contribution >= 4 is 29.3 Å². The average molecular weight is 340 g/mol. The second-order valence-corrected chi connectivity index (χ2v) is 8.61. The lowest BCUT2D eigenvalue weighted by atomic mass is 9.89. The molecule has 0 atom stereocenters. The summed E-state index contributed by atoms with van der Waals surface area (Å²) in [5.41, 5.74) is 1.09. The van der Waals surface area contributed by atoms with E-state index in [0.717, 1.165) is 22.9 Å². The van der Waals surface area contributed by atoms with Crippen molar-refractivity contribution in [3.05, 3.63) is 34.9 Å². The number of rotatable bonds is 6. The Balaban J connectivity index is 1.80. The van der Waals surface area contributed by atoms with Gasteiger partial charge in [0.05, 0.1) is 4.75 Å². The van der Waals surface area contributed by atoms with E-state index in [-0.39, 0.29) is 5.91 Å². The number of hydrogen-bond acceptors (Lipinski definition) is 2. The predicted molar refractivity (Wildman–Crippen MR) is 96.4 cm³/mol. The lowest BCUT2D eigenvalue weighted by Gasteiger charge is -2.26. The monoisotopic (exact) mass is 339 g/mol. The van der Waals surface area contributed by atoms with Gasteiger partial charge < -0.3 is 5.32 Å². The van der Waals surface area contributed by atoms with Gasteiger partial charge in [0, 0.05) is 17.3 Å². The highest BCUT2D eigenvalue weighted by atomic mass is 35.5. The molecule has 0 unspecified atom stereocenters. The zero-order valence-electron chi connectivity index (χ0n) is 13.5. The fourth-order valence-electron chi connectivity index (χ4n) is 2.78. The van der Waals surface area contributed by atoms with Gasteiger partial charge in [0.25, 0.3) is 0 Å². The molecule has 2 rings (SSSR count). The molecule has 0 spiro atoms. The SMILES string of the molecule is CC(C)(SCc1ccccc1Cl)C(=O)NCC1CCCCC1. The van der Waals surface area contributed by atoms with Crippen LogP contribution in [-0.4, -0.2) is 17.2 Å². The Morgan fingerprint density at radius 3 is 2.64 bits per heavy atom. The Hall–Kier alpha value is -0.670. The highest BCUT2D eigenvalue weighted by molar-refractivity contribution is 8.00. The van der Waals surface area contributed by atoms with Crippen LogP contribution in [0.3, 0.4) is 0 Å². The zero-order chi connectivity index (χ0) is 16.0. The molecular formula is C18H26ClNOS. The van der Waals surface area contributed by atoms with Gasteiger partial charge in [-0.15, -0.1) is 11.8 Å². The molecule has 0 radical (unpaired) electrons. The van der Waals surface area contributed by atoms with Crippen LogP contribution >= 0.6 is 23.4 Å². The third-order valence-electron chi connectivity index (χ3n) is 4.37. The van der Waals surface area contributed by atoms with E-state index in [4.69, 9.17) is 11.6 Å². The van der Waals surface area contributed by atoms with Gasteiger partial charge in [0.15, 0.2) is 0 Å². The smallest absolute Gasteiger partial charge is 0.235 e. The van der Waals surface area contributed by atoms with Crippen molar-refractivity contribution in [3.8, 4) is 0 Å². The third kappa shape index (κ3) is 5.20. The molecule has 1 N–H and O–H groups in total. The molecular weight excluding hydrogens is 314 g/mol. The van der Waals surface area contributed by atoms with Crippen LogP contribution in [-0.2, 0) is 10.5 Å². The largest absolute Gasteiger partial charge is 0.355 e. The van der Waals surface area contributed by atoms with E-state index in [1.807, 2.05) is 38.1 Å². The predicted octanol–water partition coefficient (Wildman–Crippen LogP) is 5.05. The van der Waals surface area contributed by atoms with Gasteiger partial charge in [-0.1, -0.05) is 49.1 Å². The summed E-state index contributed by atoms with van der Waals surface area (Å²) < 4.78 is -0.437. The molecule has 1 aromatic carbocycles. The maximum atomic E-state index is 12.4. The maximum absolute atomic E-state index is 12.4. The first-order valence-corrected chi connectivity index (χ1v) is 9.51. The van der Waals surface area contributed by atoms with Gasteiger partial charge >= 0.3 is 0 Å². The third-order valence-corrected chi connectivity index (χ3v) is 6.10. The average Bonchev–Trinajstić information content (AvgIpc) is 2.53. The van der Waals surface area contributed by atoms with Gasteiger partial charge in [-0.25, -0.2) is 0 Å². The molecule has 0 saturated heterocycles. The van der Waals surface area contributed by atoms with Crippen molar-refractivity contribution in [1.29, 1.82) is 0 Å². The Morgan fingerprint density at radius 2 is 1.95 bits per heavy atom. The molecule has 1 aromatic rings. The molecule has 4 heteroatoms. The van der Waals surface area contributed by atoms with E-state index in [2.05, 4.69) is 5.32 Å². The molecule has 1 aliphatic rings. The molecule has 0 heterocycles. The van der Waals surface area contributed by atoms with Crippen LogP contribution in [0.2, 0.25) is 5.02 Å². The van der Waals surface area contributed by atoms with Crippen LogP contribution in [0, 0.1) is 5.92 Å². The molecule has 0 aliphatic heterocycles. The van der Waals surface area contributed by atoms with E-state index in [9.17, 15) is 4.79 Å². The summed E-state index contributed by atoms with van der Waals surface area (Å²) in [5, 5.41) is 3.92. The second kappa shape index (κ2) is 8.26. The highest BCUT2D eigenvalue weighted by Gasteiger charge is 2.28. The van der Waals surface area contributed by atoms with Crippen molar-refractivity contribution in [2.24, 2.45) is 5.92 Å². The topological polar surface area (TPSA) is 29.1 Å². The fourth-order valence-corrected chi connectivity index (χ4v) is 4.03. The summed E-state index contributed by atoms with van der Waals surface area (Å²) in [6, 6.07) is 7.83. The summed E-state index contributed by atoms with van der Waals surface area (Å²) in [7, 11) is 0. The van der Waals surface area contributed by atoms with Crippen molar-refractivity contribution in [2.45, 2.75) is 56.5 Å². The molecule has 1 saturated carbocycles. The van der Waals surface area contributed by atoms with E-state index < -0.39 is 4.75 Å². The molecule has 1 aliphatic carbocycles. The minimum atomic E-state index is -0.437. The van der Waals surface area contributed by atoms with E-state index in [1.165, 1.54) is 32.1 Å². The Morgan fingerprint density at radius 1 is 1.27 bits per heavy atom. The number of thioether (sulfide) groups is 1. The van der Waals surface area contributed by atoms with Crippen LogP contribution in [0.15, 0.2) is 24.3 Å². The van der Waals surface area contributed by atoms with Gasteiger partial charge in [-0.3, -0.25) is 4.79 Å². The number of halogens is 1. The van der Waals surface area contributed by atoms with Crippen LogP contribution in [0.1, 0.15) is 51.5 Å². The van der Waals surface area contributed by atoms with Gasteiger partial charge in [0.1, 0.15) is 0 Å². The van der Waals surface area contributed by atoms with E-state index in [1.54, 1.807) is 11.8 Å². The van der Waals surface area contributed by atoms with Gasteiger partial charge in [-0.2, -0.15) is 0 Å². The van der Waals surface area contributed by atoms with Gasteiger partial charge in [-0.05, 0) is 44.2 Å². The first kappa shape index (κ1) is 17.7. The first-order chi connectivity index (χ1) is 10.5. The van der Waals surface area contributed by atoms with Crippen molar-refractivity contribution in [3.63, 3.8) is 0 Å².